The molecule has 1 fully saturated rings. The van der Waals surface area contributed by atoms with Crippen molar-refractivity contribution in [1.82, 2.24) is 0 Å². The molecule has 1 aliphatic carbocycles. The molecule has 8 heteroatoms. The average molecular weight is 441 g/mol. The van der Waals surface area contributed by atoms with Gasteiger partial charge in [-0.2, -0.15) is 0 Å². The van der Waals surface area contributed by atoms with Crippen molar-refractivity contribution in [2.45, 2.75) is 78.9 Å². The lowest BCUT2D eigenvalue weighted by atomic mass is 9.74. The molecular formula is C23H36O8. The van der Waals surface area contributed by atoms with Gasteiger partial charge in [0, 0.05) is 5.57 Å². The fraction of sp³-hybridized carbons (Fsp3) is 0.739. The van der Waals surface area contributed by atoms with E-state index < -0.39 is 52.8 Å². The number of esters is 4. The third kappa shape index (κ3) is 9.53. The summed E-state index contributed by atoms with van der Waals surface area (Å²) in [6.45, 7) is 15.3. The maximum atomic E-state index is 12.8. The van der Waals surface area contributed by atoms with Crippen LogP contribution in [0.25, 0.3) is 0 Å². The topological polar surface area (TPSA) is 105 Å². The van der Waals surface area contributed by atoms with Crippen molar-refractivity contribution in [1.29, 1.82) is 0 Å². The quantitative estimate of drug-likeness (QED) is 0.257. The van der Waals surface area contributed by atoms with Crippen molar-refractivity contribution in [2.24, 2.45) is 17.8 Å². The fourth-order valence-corrected chi connectivity index (χ4v) is 3.20. The summed E-state index contributed by atoms with van der Waals surface area (Å²) in [5.41, 5.74) is -1.11. The van der Waals surface area contributed by atoms with Gasteiger partial charge >= 0.3 is 23.9 Å². The first-order chi connectivity index (χ1) is 14.1. The maximum absolute atomic E-state index is 12.8. The molecule has 31 heavy (non-hydrogen) atoms. The Kier molecular flexibility index (Phi) is 9.26. The van der Waals surface area contributed by atoms with E-state index in [1.807, 2.05) is 0 Å². The Morgan fingerprint density at radius 1 is 0.774 bits per heavy atom. The SMILES string of the molecule is C=C(C)C(=O)OCCOC(=O)C1CC(C(=O)OC(C)(C)C)CCC1C(=O)OC(C)(C)C. The molecule has 0 aromatic rings. The molecule has 3 unspecified atom stereocenters. The molecule has 0 N–H and O–H groups in total. The van der Waals surface area contributed by atoms with E-state index in [1.54, 1.807) is 41.5 Å². The first kappa shape index (κ1) is 26.7. The molecule has 3 atom stereocenters. The Morgan fingerprint density at radius 3 is 1.81 bits per heavy atom. The third-order valence-electron chi connectivity index (χ3n) is 4.51. The minimum atomic E-state index is -0.849. The second-order valence-electron chi connectivity index (χ2n) is 9.87. The fourth-order valence-electron chi connectivity index (χ4n) is 3.20. The number of ether oxygens (including phenoxy) is 4. The van der Waals surface area contributed by atoms with E-state index in [2.05, 4.69) is 6.58 Å². The number of carbonyl (C=O) groups excluding carboxylic acids is 4. The Bertz CT molecular complexity index is 695. The normalized spacial score (nSPS) is 21.6. The molecule has 0 aromatic carbocycles. The number of hydrogen-bond acceptors (Lipinski definition) is 8. The first-order valence-corrected chi connectivity index (χ1v) is 10.6. The Balaban J connectivity index is 2.85. The Labute approximate surface area is 184 Å². The van der Waals surface area contributed by atoms with Crippen molar-refractivity contribution in [3.8, 4) is 0 Å². The van der Waals surface area contributed by atoms with Crippen LogP contribution >= 0.6 is 0 Å². The minimum Gasteiger partial charge on any atom is -0.462 e. The summed E-state index contributed by atoms with van der Waals surface area (Å²) >= 11 is 0. The van der Waals surface area contributed by atoms with E-state index in [1.165, 1.54) is 6.92 Å². The summed E-state index contributed by atoms with van der Waals surface area (Å²) < 4.78 is 21.1. The highest BCUT2D eigenvalue weighted by Crippen LogP contribution is 2.37. The van der Waals surface area contributed by atoms with Gasteiger partial charge in [0.2, 0.25) is 0 Å². The smallest absolute Gasteiger partial charge is 0.333 e. The van der Waals surface area contributed by atoms with E-state index in [0.717, 1.165) is 0 Å². The van der Waals surface area contributed by atoms with Crippen LogP contribution in [-0.2, 0) is 38.1 Å². The van der Waals surface area contributed by atoms with Crippen LogP contribution in [0.5, 0.6) is 0 Å². The van der Waals surface area contributed by atoms with Gasteiger partial charge in [-0.15, -0.1) is 0 Å². The maximum Gasteiger partial charge on any atom is 0.333 e. The van der Waals surface area contributed by atoms with Crippen molar-refractivity contribution < 1.29 is 38.1 Å². The van der Waals surface area contributed by atoms with Crippen LogP contribution in [0.2, 0.25) is 0 Å². The van der Waals surface area contributed by atoms with E-state index in [9.17, 15) is 19.2 Å². The standard InChI is InChI=1S/C23H36O8/c1-14(2)18(24)28-11-12-29-20(26)17-13-15(19(25)30-22(3,4)5)9-10-16(17)21(27)31-23(6,7)8/h15-17H,1,9-13H2,2-8H3. The van der Waals surface area contributed by atoms with Gasteiger partial charge < -0.3 is 18.9 Å². The lowest BCUT2D eigenvalue weighted by Crippen LogP contribution is -2.42. The van der Waals surface area contributed by atoms with Crippen molar-refractivity contribution in [3.05, 3.63) is 12.2 Å². The molecule has 0 saturated heterocycles. The minimum absolute atomic E-state index is 0.128. The Hall–Kier alpha value is -2.38. The summed E-state index contributed by atoms with van der Waals surface area (Å²) in [4.78, 5) is 49.4. The summed E-state index contributed by atoms with van der Waals surface area (Å²) in [7, 11) is 0. The molecule has 1 saturated carbocycles. The lowest BCUT2D eigenvalue weighted by molar-refractivity contribution is -0.176. The second kappa shape index (κ2) is 10.8. The summed E-state index contributed by atoms with van der Waals surface area (Å²) in [6, 6.07) is 0. The summed E-state index contributed by atoms with van der Waals surface area (Å²) in [5, 5.41) is 0. The lowest BCUT2D eigenvalue weighted by Gasteiger charge is -2.35. The molecule has 0 amide bonds. The van der Waals surface area contributed by atoms with Gasteiger partial charge in [0.25, 0.3) is 0 Å². The van der Waals surface area contributed by atoms with Crippen LogP contribution in [0.1, 0.15) is 67.7 Å². The second-order valence-corrected chi connectivity index (χ2v) is 9.87. The van der Waals surface area contributed by atoms with Gasteiger partial charge in [-0.05, 0) is 67.7 Å². The van der Waals surface area contributed by atoms with Crippen LogP contribution in [-0.4, -0.2) is 48.3 Å². The van der Waals surface area contributed by atoms with E-state index >= 15 is 0 Å². The van der Waals surface area contributed by atoms with Gasteiger partial charge in [-0.3, -0.25) is 14.4 Å². The van der Waals surface area contributed by atoms with Crippen molar-refractivity contribution >= 4 is 23.9 Å². The number of rotatable bonds is 7. The van der Waals surface area contributed by atoms with E-state index in [-0.39, 0.29) is 25.2 Å². The van der Waals surface area contributed by atoms with Gasteiger partial charge in [0.1, 0.15) is 24.4 Å². The molecule has 0 bridgehead atoms. The predicted octanol–water partition coefficient (Wildman–Crippen LogP) is 3.36. The van der Waals surface area contributed by atoms with Crippen molar-refractivity contribution in [2.75, 3.05) is 13.2 Å². The molecule has 176 valence electrons. The van der Waals surface area contributed by atoms with Gasteiger partial charge in [-0.25, -0.2) is 4.79 Å². The molecule has 0 aliphatic heterocycles. The molecule has 1 rings (SSSR count). The van der Waals surface area contributed by atoms with Crippen molar-refractivity contribution in [3.63, 3.8) is 0 Å². The molecule has 0 spiro atoms. The monoisotopic (exact) mass is 440 g/mol. The predicted molar refractivity (Wildman–Crippen MR) is 113 cm³/mol. The summed E-state index contributed by atoms with van der Waals surface area (Å²) in [6.07, 6.45) is 0.852. The van der Waals surface area contributed by atoms with Crippen LogP contribution in [0.3, 0.4) is 0 Å². The molecule has 8 nitrogen and oxygen atoms in total. The largest absolute Gasteiger partial charge is 0.462 e. The first-order valence-electron chi connectivity index (χ1n) is 10.6. The zero-order chi connectivity index (χ0) is 24.0. The number of hydrogen-bond donors (Lipinski definition) is 0. The summed E-state index contributed by atoms with van der Waals surface area (Å²) in [5.74, 6) is -4.19. The molecule has 1 aliphatic rings. The zero-order valence-electron chi connectivity index (χ0n) is 19.7. The highest BCUT2D eigenvalue weighted by Gasteiger charge is 2.44. The Morgan fingerprint density at radius 2 is 1.29 bits per heavy atom. The number of carbonyl (C=O) groups is 4. The third-order valence-corrected chi connectivity index (χ3v) is 4.51. The molecule has 0 aromatic heterocycles. The van der Waals surface area contributed by atoms with Crippen LogP contribution in [0.15, 0.2) is 12.2 Å². The molecule has 0 heterocycles. The van der Waals surface area contributed by atoms with Crippen LogP contribution in [0, 0.1) is 17.8 Å². The highest BCUT2D eigenvalue weighted by molar-refractivity contribution is 5.87. The molecule has 0 radical (unpaired) electrons. The van der Waals surface area contributed by atoms with Gasteiger partial charge in [-0.1, -0.05) is 6.58 Å². The van der Waals surface area contributed by atoms with Gasteiger partial charge in [0.05, 0.1) is 17.8 Å². The van der Waals surface area contributed by atoms with Gasteiger partial charge in [0.15, 0.2) is 0 Å². The van der Waals surface area contributed by atoms with Crippen LogP contribution in [0.4, 0.5) is 0 Å². The van der Waals surface area contributed by atoms with E-state index in [0.29, 0.717) is 12.8 Å². The molecular weight excluding hydrogens is 404 g/mol. The zero-order valence-corrected chi connectivity index (χ0v) is 19.7. The van der Waals surface area contributed by atoms with Crippen LogP contribution < -0.4 is 0 Å². The average Bonchev–Trinajstić information content (AvgIpc) is 2.61. The van der Waals surface area contributed by atoms with E-state index in [4.69, 9.17) is 18.9 Å². The highest BCUT2D eigenvalue weighted by atomic mass is 16.6.